The first-order chi connectivity index (χ1) is 8.22. The molecule has 3 N–H and O–H groups in total. The van der Waals surface area contributed by atoms with E-state index in [-0.39, 0.29) is 11.9 Å². The monoisotopic (exact) mass is 242 g/mol. The second-order valence-corrected chi connectivity index (χ2v) is 4.82. The summed E-state index contributed by atoms with van der Waals surface area (Å²) in [6.07, 6.45) is 10.9. The van der Waals surface area contributed by atoms with Crippen LogP contribution in [0, 0.1) is 0 Å². The molecule has 0 saturated carbocycles. The highest BCUT2D eigenvalue weighted by Crippen LogP contribution is 2.09. The van der Waals surface area contributed by atoms with Gasteiger partial charge in [-0.15, -0.1) is 0 Å². The minimum absolute atomic E-state index is 0.120. The van der Waals surface area contributed by atoms with Gasteiger partial charge in [-0.25, -0.2) is 0 Å². The molecule has 0 aliphatic rings. The SMILES string of the molecule is CCCCCCCCCC(NCCC)C(N)=O. The zero-order chi connectivity index (χ0) is 12.9. The molecule has 3 nitrogen and oxygen atoms in total. The third-order valence-corrected chi connectivity index (χ3v) is 3.08. The summed E-state index contributed by atoms with van der Waals surface area (Å²) < 4.78 is 0. The molecule has 0 radical (unpaired) electrons. The van der Waals surface area contributed by atoms with E-state index in [0.717, 1.165) is 25.8 Å². The number of unbranched alkanes of at least 4 members (excludes halogenated alkanes) is 6. The van der Waals surface area contributed by atoms with Gasteiger partial charge in [-0.1, -0.05) is 58.8 Å². The van der Waals surface area contributed by atoms with E-state index >= 15 is 0 Å². The fourth-order valence-electron chi connectivity index (χ4n) is 1.97. The van der Waals surface area contributed by atoms with Gasteiger partial charge in [0.25, 0.3) is 0 Å². The number of rotatable bonds is 12. The summed E-state index contributed by atoms with van der Waals surface area (Å²) >= 11 is 0. The first-order valence-corrected chi connectivity index (χ1v) is 7.25. The standard InChI is InChI=1S/C14H30N2O/c1-3-5-6-7-8-9-10-11-13(14(15)17)16-12-4-2/h13,16H,3-12H2,1-2H3,(H2,15,17). The van der Waals surface area contributed by atoms with Crippen molar-refractivity contribution < 1.29 is 4.79 Å². The largest absolute Gasteiger partial charge is 0.368 e. The van der Waals surface area contributed by atoms with Crippen molar-refractivity contribution in [2.75, 3.05) is 6.54 Å². The normalized spacial score (nSPS) is 12.6. The highest BCUT2D eigenvalue weighted by atomic mass is 16.1. The average molecular weight is 242 g/mol. The minimum Gasteiger partial charge on any atom is -0.368 e. The average Bonchev–Trinajstić information content (AvgIpc) is 2.31. The van der Waals surface area contributed by atoms with E-state index in [1.807, 2.05) is 0 Å². The van der Waals surface area contributed by atoms with Crippen molar-refractivity contribution in [1.29, 1.82) is 0 Å². The molecule has 0 rings (SSSR count). The van der Waals surface area contributed by atoms with Crippen LogP contribution in [0.4, 0.5) is 0 Å². The smallest absolute Gasteiger partial charge is 0.234 e. The Kier molecular flexibility index (Phi) is 11.5. The third-order valence-electron chi connectivity index (χ3n) is 3.08. The number of hydrogen-bond acceptors (Lipinski definition) is 2. The molecule has 0 aromatic heterocycles. The van der Waals surface area contributed by atoms with Gasteiger partial charge in [-0.3, -0.25) is 4.79 Å². The van der Waals surface area contributed by atoms with Crippen molar-refractivity contribution in [3.63, 3.8) is 0 Å². The lowest BCUT2D eigenvalue weighted by molar-refractivity contribution is -0.120. The summed E-state index contributed by atoms with van der Waals surface area (Å²) in [6.45, 7) is 5.21. The van der Waals surface area contributed by atoms with Crippen LogP contribution in [-0.4, -0.2) is 18.5 Å². The molecule has 0 fully saturated rings. The van der Waals surface area contributed by atoms with Gasteiger partial charge in [0.05, 0.1) is 6.04 Å². The molecule has 0 heterocycles. The van der Waals surface area contributed by atoms with Crippen molar-refractivity contribution in [2.24, 2.45) is 5.73 Å². The van der Waals surface area contributed by atoms with Crippen LogP contribution in [0.25, 0.3) is 0 Å². The molecule has 0 aromatic rings. The summed E-state index contributed by atoms with van der Waals surface area (Å²) in [5.74, 6) is -0.204. The maximum Gasteiger partial charge on any atom is 0.234 e. The highest BCUT2D eigenvalue weighted by molar-refractivity contribution is 5.79. The molecule has 1 atom stereocenters. The Morgan fingerprint density at radius 2 is 1.59 bits per heavy atom. The van der Waals surface area contributed by atoms with Crippen LogP contribution in [0.5, 0.6) is 0 Å². The Hall–Kier alpha value is -0.570. The van der Waals surface area contributed by atoms with Crippen LogP contribution in [-0.2, 0) is 4.79 Å². The lowest BCUT2D eigenvalue weighted by atomic mass is 10.0. The Labute approximate surface area is 107 Å². The molecule has 0 aromatic carbocycles. The summed E-state index contributed by atoms with van der Waals surface area (Å²) in [6, 6.07) is -0.120. The maximum absolute atomic E-state index is 11.2. The Balaban J connectivity index is 3.44. The van der Waals surface area contributed by atoms with E-state index in [1.165, 1.54) is 38.5 Å². The van der Waals surface area contributed by atoms with Crippen molar-refractivity contribution >= 4 is 5.91 Å². The first-order valence-electron chi connectivity index (χ1n) is 7.25. The van der Waals surface area contributed by atoms with E-state index in [4.69, 9.17) is 5.73 Å². The van der Waals surface area contributed by atoms with Crippen LogP contribution >= 0.6 is 0 Å². The second-order valence-electron chi connectivity index (χ2n) is 4.82. The molecule has 1 amide bonds. The fourth-order valence-corrected chi connectivity index (χ4v) is 1.97. The van der Waals surface area contributed by atoms with E-state index in [9.17, 15) is 4.79 Å². The lowest BCUT2D eigenvalue weighted by Crippen LogP contribution is -2.41. The summed E-state index contributed by atoms with van der Waals surface area (Å²) in [5.41, 5.74) is 5.36. The number of primary amides is 1. The van der Waals surface area contributed by atoms with Gasteiger partial charge < -0.3 is 11.1 Å². The molecule has 17 heavy (non-hydrogen) atoms. The zero-order valence-corrected chi connectivity index (χ0v) is 11.6. The van der Waals surface area contributed by atoms with Crippen molar-refractivity contribution in [3.05, 3.63) is 0 Å². The highest BCUT2D eigenvalue weighted by Gasteiger charge is 2.12. The third kappa shape index (κ3) is 10.3. The number of nitrogens with one attached hydrogen (secondary N) is 1. The Morgan fingerprint density at radius 1 is 1.00 bits per heavy atom. The van der Waals surface area contributed by atoms with Crippen LogP contribution < -0.4 is 11.1 Å². The van der Waals surface area contributed by atoms with E-state index < -0.39 is 0 Å². The quantitative estimate of drug-likeness (QED) is 0.517. The fraction of sp³-hybridized carbons (Fsp3) is 0.929. The van der Waals surface area contributed by atoms with Crippen LogP contribution in [0.3, 0.4) is 0 Å². The first kappa shape index (κ1) is 16.4. The molecule has 0 spiro atoms. The minimum atomic E-state index is -0.204. The molecular formula is C14H30N2O. The number of nitrogens with two attached hydrogens (primary N) is 1. The van der Waals surface area contributed by atoms with E-state index in [1.54, 1.807) is 0 Å². The zero-order valence-electron chi connectivity index (χ0n) is 11.6. The number of carbonyl (C=O) groups is 1. The predicted octanol–water partition coefficient (Wildman–Crippen LogP) is 2.98. The molecule has 1 unspecified atom stereocenters. The molecular weight excluding hydrogens is 212 g/mol. The summed E-state index contributed by atoms with van der Waals surface area (Å²) in [7, 11) is 0. The van der Waals surface area contributed by atoms with E-state index in [2.05, 4.69) is 19.2 Å². The maximum atomic E-state index is 11.2. The topological polar surface area (TPSA) is 55.1 Å². The summed E-state index contributed by atoms with van der Waals surface area (Å²) in [5, 5.41) is 3.21. The van der Waals surface area contributed by atoms with E-state index in [0.29, 0.717) is 0 Å². The van der Waals surface area contributed by atoms with Crippen LogP contribution in [0.15, 0.2) is 0 Å². The number of amides is 1. The molecule has 0 aliphatic carbocycles. The van der Waals surface area contributed by atoms with Gasteiger partial charge in [0.15, 0.2) is 0 Å². The second kappa shape index (κ2) is 11.9. The molecule has 3 heteroatoms. The predicted molar refractivity (Wildman–Crippen MR) is 73.9 cm³/mol. The summed E-state index contributed by atoms with van der Waals surface area (Å²) in [4.78, 5) is 11.2. The molecule has 0 aliphatic heterocycles. The van der Waals surface area contributed by atoms with Gasteiger partial charge in [-0.2, -0.15) is 0 Å². The molecule has 0 bridgehead atoms. The van der Waals surface area contributed by atoms with Gasteiger partial charge in [0, 0.05) is 0 Å². The molecule has 0 saturated heterocycles. The Bertz CT molecular complexity index is 183. The lowest BCUT2D eigenvalue weighted by Gasteiger charge is -2.14. The van der Waals surface area contributed by atoms with Crippen molar-refractivity contribution in [1.82, 2.24) is 5.32 Å². The number of hydrogen-bond donors (Lipinski definition) is 2. The molecule has 102 valence electrons. The van der Waals surface area contributed by atoms with Gasteiger partial charge in [-0.05, 0) is 19.4 Å². The Morgan fingerprint density at radius 3 is 2.12 bits per heavy atom. The number of carbonyl (C=O) groups excluding carboxylic acids is 1. The van der Waals surface area contributed by atoms with Gasteiger partial charge >= 0.3 is 0 Å². The van der Waals surface area contributed by atoms with Gasteiger partial charge in [0.2, 0.25) is 5.91 Å². The van der Waals surface area contributed by atoms with Crippen LogP contribution in [0.1, 0.15) is 71.6 Å². The van der Waals surface area contributed by atoms with Crippen molar-refractivity contribution in [2.45, 2.75) is 77.7 Å². The van der Waals surface area contributed by atoms with Crippen LogP contribution in [0.2, 0.25) is 0 Å². The van der Waals surface area contributed by atoms with Gasteiger partial charge in [0.1, 0.15) is 0 Å². The van der Waals surface area contributed by atoms with Crippen molar-refractivity contribution in [3.8, 4) is 0 Å².